The molecule has 5 aromatic rings. The van der Waals surface area contributed by atoms with E-state index in [0.717, 1.165) is 17.2 Å². The van der Waals surface area contributed by atoms with Gasteiger partial charge in [-0.15, -0.1) is 10.2 Å². The summed E-state index contributed by atoms with van der Waals surface area (Å²) in [5.74, 6) is 1.64. The summed E-state index contributed by atoms with van der Waals surface area (Å²) in [5.41, 5.74) is 6.06. The molecule has 0 aliphatic heterocycles. The van der Waals surface area contributed by atoms with Crippen molar-refractivity contribution in [3.05, 3.63) is 84.6 Å². The van der Waals surface area contributed by atoms with Crippen LogP contribution in [0.5, 0.6) is 11.6 Å². The monoisotopic (exact) mass is 522 g/mol. The van der Waals surface area contributed by atoms with Gasteiger partial charge in [0, 0.05) is 23.5 Å². The Hall–Kier alpha value is -4.65. The quantitative estimate of drug-likeness (QED) is 0.222. The topological polar surface area (TPSA) is 128 Å². The first kappa shape index (κ1) is 24.1. The molecule has 0 amide bonds. The minimum atomic E-state index is -4.44. The number of alkyl halides is 3. The Bertz CT molecular complexity index is 1510. The number of nitrogens with one attached hydrogen (secondary N) is 2. The number of hydrogen-bond donors (Lipinski definition) is 3. The van der Waals surface area contributed by atoms with E-state index in [4.69, 9.17) is 10.5 Å². The predicted octanol–water partition coefficient (Wildman–Crippen LogP) is 5.94. The molecule has 3 aromatic heterocycles. The molecule has 0 aliphatic rings. The molecule has 2 aromatic carbocycles. The first-order valence-corrected chi connectivity index (χ1v) is 11.5. The van der Waals surface area contributed by atoms with Crippen molar-refractivity contribution in [2.45, 2.75) is 16.4 Å². The van der Waals surface area contributed by atoms with Gasteiger partial charge in [0.2, 0.25) is 11.8 Å². The Morgan fingerprint density at radius 3 is 2.51 bits per heavy atom. The molecular weight excluding hydrogens is 505 g/mol. The Labute approximate surface area is 212 Å². The SMILES string of the molecule is Nc1cc(Oc2ccc(-c3nnc(Nc4cccc(C(F)(F)F)c4)[nH]3)cc2)nc(Sc2ccccn2)n1. The molecule has 0 bridgehead atoms. The van der Waals surface area contributed by atoms with Gasteiger partial charge < -0.3 is 20.8 Å². The van der Waals surface area contributed by atoms with E-state index >= 15 is 0 Å². The summed E-state index contributed by atoms with van der Waals surface area (Å²) >= 11 is 1.26. The van der Waals surface area contributed by atoms with Gasteiger partial charge in [-0.25, -0.2) is 9.97 Å². The summed E-state index contributed by atoms with van der Waals surface area (Å²) in [7, 11) is 0. The van der Waals surface area contributed by atoms with Gasteiger partial charge in [0.25, 0.3) is 0 Å². The molecule has 0 radical (unpaired) electrons. The van der Waals surface area contributed by atoms with Crippen LogP contribution in [0, 0.1) is 0 Å². The van der Waals surface area contributed by atoms with Gasteiger partial charge in [-0.2, -0.15) is 18.2 Å². The minimum absolute atomic E-state index is 0.198. The van der Waals surface area contributed by atoms with Crippen LogP contribution >= 0.6 is 11.8 Å². The molecule has 0 aliphatic carbocycles. The summed E-state index contributed by atoms with van der Waals surface area (Å²) in [6.45, 7) is 0. The van der Waals surface area contributed by atoms with Crippen LogP contribution in [-0.4, -0.2) is 30.1 Å². The van der Waals surface area contributed by atoms with E-state index < -0.39 is 11.7 Å². The summed E-state index contributed by atoms with van der Waals surface area (Å²) in [5, 5.41) is 11.9. The Morgan fingerprint density at radius 2 is 1.76 bits per heavy atom. The van der Waals surface area contributed by atoms with E-state index in [1.54, 1.807) is 30.5 Å². The van der Waals surface area contributed by atoms with Gasteiger partial charge in [-0.1, -0.05) is 12.1 Å². The fraction of sp³-hybridized carbons (Fsp3) is 0.0417. The Morgan fingerprint density at radius 1 is 0.919 bits per heavy atom. The van der Waals surface area contributed by atoms with Crippen LogP contribution in [-0.2, 0) is 6.18 Å². The van der Waals surface area contributed by atoms with Crippen LogP contribution in [0.4, 0.5) is 30.6 Å². The third-order valence-electron chi connectivity index (χ3n) is 4.83. The van der Waals surface area contributed by atoms with Gasteiger partial charge >= 0.3 is 6.18 Å². The third kappa shape index (κ3) is 6.13. The zero-order valence-electron chi connectivity index (χ0n) is 18.8. The summed E-state index contributed by atoms with van der Waals surface area (Å²) in [4.78, 5) is 15.7. The second-order valence-corrected chi connectivity index (χ2v) is 8.52. The number of pyridine rings is 1. The largest absolute Gasteiger partial charge is 0.439 e. The number of halogens is 3. The van der Waals surface area contributed by atoms with Crippen molar-refractivity contribution in [2.24, 2.45) is 0 Å². The van der Waals surface area contributed by atoms with Crippen molar-refractivity contribution in [3.8, 4) is 23.0 Å². The van der Waals surface area contributed by atoms with Crippen LogP contribution < -0.4 is 15.8 Å². The number of aromatic amines is 1. The van der Waals surface area contributed by atoms with Crippen molar-refractivity contribution >= 4 is 29.2 Å². The van der Waals surface area contributed by atoms with E-state index in [9.17, 15) is 13.2 Å². The average molecular weight is 523 g/mol. The van der Waals surface area contributed by atoms with E-state index in [1.165, 1.54) is 30.0 Å². The number of ether oxygens (including phenoxy) is 1. The van der Waals surface area contributed by atoms with Crippen LogP contribution in [0.15, 0.2) is 89.2 Å². The molecular formula is C24H17F3N8OS. The molecule has 0 saturated carbocycles. The molecule has 5 rings (SSSR count). The smallest absolute Gasteiger partial charge is 0.416 e. The van der Waals surface area contributed by atoms with Crippen LogP contribution in [0.2, 0.25) is 0 Å². The van der Waals surface area contributed by atoms with Crippen LogP contribution in [0.25, 0.3) is 11.4 Å². The summed E-state index contributed by atoms with van der Waals surface area (Å²) in [6, 6.07) is 18.7. The zero-order chi connectivity index (χ0) is 25.8. The molecule has 37 heavy (non-hydrogen) atoms. The first-order chi connectivity index (χ1) is 17.8. The van der Waals surface area contributed by atoms with Crippen molar-refractivity contribution in [2.75, 3.05) is 11.1 Å². The van der Waals surface area contributed by atoms with Gasteiger partial charge in [0.15, 0.2) is 11.0 Å². The number of nitrogens with zero attached hydrogens (tertiary/aromatic N) is 5. The van der Waals surface area contributed by atoms with Crippen molar-refractivity contribution in [1.29, 1.82) is 0 Å². The van der Waals surface area contributed by atoms with E-state index in [1.807, 2.05) is 18.2 Å². The fourth-order valence-electron chi connectivity index (χ4n) is 3.18. The molecule has 4 N–H and O–H groups in total. The highest BCUT2D eigenvalue weighted by Crippen LogP contribution is 2.32. The molecule has 9 nitrogen and oxygen atoms in total. The van der Waals surface area contributed by atoms with Gasteiger partial charge in [-0.05, 0) is 66.4 Å². The molecule has 13 heteroatoms. The maximum atomic E-state index is 12.9. The molecule has 186 valence electrons. The lowest BCUT2D eigenvalue weighted by atomic mass is 10.2. The number of anilines is 3. The highest BCUT2D eigenvalue weighted by Gasteiger charge is 2.30. The minimum Gasteiger partial charge on any atom is -0.439 e. The van der Waals surface area contributed by atoms with Crippen molar-refractivity contribution in [1.82, 2.24) is 30.1 Å². The lowest BCUT2D eigenvalue weighted by Gasteiger charge is -2.09. The lowest BCUT2D eigenvalue weighted by molar-refractivity contribution is -0.137. The number of nitrogen functional groups attached to an aromatic ring is 1. The normalized spacial score (nSPS) is 11.3. The highest BCUT2D eigenvalue weighted by molar-refractivity contribution is 7.99. The van der Waals surface area contributed by atoms with Gasteiger partial charge in [0.05, 0.1) is 5.56 Å². The summed E-state index contributed by atoms with van der Waals surface area (Å²) in [6.07, 6.45) is -2.77. The molecule has 0 spiro atoms. The third-order valence-corrected chi connectivity index (χ3v) is 5.64. The number of nitrogens with two attached hydrogens (primary N) is 1. The second kappa shape index (κ2) is 10.1. The van der Waals surface area contributed by atoms with Gasteiger partial charge in [-0.3, -0.25) is 0 Å². The molecule has 0 fully saturated rings. The number of rotatable bonds is 7. The van der Waals surface area contributed by atoms with Crippen molar-refractivity contribution in [3.63, 3.8) is 0 Å². The van der Waals surface area contributed by atoms with E-state index in [-0.39, 0.29) is 23.3 Å². The maximum absolute atomic E-state index is 12.9. The molecule has 3 heterocycles. The first-order valence-electron chi connectivity index (χ1n) is 10.7. The number of H-pyrrole nitrogens is 1. The maximum Gasteiger partial charge on any atom is 0.416 e. The lowest BCUT2D eigenvalue weighted by Crippen LogP contribution is -2.05. The highest BCUT2D eigenvalue weighted by atomic mass is 32.2. The Balaban J connectivity index is 1.26. The number of aromatic nitrogens is 6. The standard InChI is InChI=1S/C24H17F3N8OS/c25-24(26,27)15-4-3-5-16(12-15)30-22-33-21(34-35-22)14-7-9-17(10-8-14)36-19-13-18(28)31-23(32-19)37-20-6-1-2-11-29-20/h1-13H,(H2,28,31,32)(H2,30,33,34,35). The van der Waals surface area contributed by atoms with E-state index in [2.05, 4.69) is 35.5 Å². The fourth-order valence-corrected chi connectivity index (χ4v) is 3.91. The van der Waals surface area contributed by atoms with E-state index in [0.29, 0.717) is 22.3 Å². The summed E-state index contributed by atoms with van der Waals surface area (Å²) < 4.78 is 44.7. The second-order valence-electron chi connectivity index (χ2n) is 7.54. The molecule has 0 saturated heterocycles. The number of benzene rings is 2. The Kier molecular flexibility index (Phi) is 6.60. The van der Waals surface area contributed by atoms with Crippen LogP contribution in [0.1, 0.15) is 5.56 Å². The van der Waals surface area contributed by atoms with Gasteiger partial charge in [0.1, 0.15) is 16.6 Å². The molecule has 0 atom stereocenters. The molecule has 0 unspecified atom stereocenters. The van der Waals surface area contributed by atoms with Crippen molar-refractivity contribution < 1.29 is 17.9 Å². The van der Waals surface area contributed by atoms with Crippen LogP contribution in [0.3, 0.4) is 0 Å². The number of hydrogen-bond acceptors (Lipinski definition) is 9. The average Bonchev–Trinajstić information content (AvgIpc) is 3.33. The zero-order valence-corrected chi connectivity index (χ0v) is 19.6. The predicted molar refractivity (Wildman–Crippen MR) is 131 cm³/mol.